The summed E-state index contributed by atoms with van der Waals surface area (Å²) in [5, 5.41) is 0. The van der Waals surface area contributed by atoms with Gasteiger partial charge >= 0.3 is 0 Å². The Morgan fingerprint density at radius 1 is 1.19 bits per heavy atom. The Kier molecular flexibility index (Phi) is 4.67. The van der Waals surface area contributed by atoms with Gasteiger partial charge in [-0.05, 0) is 42.2 Å². The molecule has 0 radical (unpaired) electrons. The van der Waals surface area contributed by atoms with Crippen molar-refractivity contribution in [2.45, 2.75) is 32.9 Å². The fourth-order valence-electron chi connectivity index (χ4n) is 3.33. The minimum atomic E-state index is -0.245. The first-order valence-electron chi connectivity index (χ1n) is 9.20. The largest absolute Gasteiger partial charge is 0.490 e. The van der Waals surface area contributed by atoms with E-state index in [2.05, 4.69) is 48.3 Å². The smallest absolute Gasteiger partial charge is 0.300 e. The number of aromatic nitrogens is 2. The highest BCUT2D eigenvalue weighted by atomic mass is 16.6. The average Bonchev–Trinajstić information content (AvgIpc) is 3.08. The summed E-state index contributed by atoms with van der Waals surface area (Å²) in [6.07, 6.45) is 2.63. The molecular weight excluding hydrogens is 340 g/mol. The molecule has 1 aromatic heterocycles. The standard InChI is InChI=1S/C22H22N2O3/c1-3-16-6-4-5-7-20(16)17-8-10-18(11-9-17)26-14-19-13-24-12-15(2)21(25)23-22(24)27-19/h4-12,19H,3,13-14H2,1-2H3/t19-/m0/s1. The lowest BCUT2D eigenvalue weighted by Gasteiger charge is -2.12. The monoisotopic (exact) mass is 362 g/mol. The first-order chi connectivity index (χ1) is 13.1. The van der Waals surface area contributed by atoms with Crippen LogP contribution in [0.1, 0.15) is 18.1 Å². The van der Waals surface area contributed by atoms with E-state index in [0.29, 0.717) is 24.7 Å². The molecule has 138 valence electrons. The number of aryl methyl sites for hydroxylation is 2. The van der Waals surface area contributed by atoms with Crippen LogP contribution in [-0.2, 0) is 13.0 Å². The summed E-state index contributed by atoms with van der Waals surface area (Å²) < 4.78 is 13.5. The zero-order valence-corrected chi connectivity index (χ0v) is 15.5. The Bertz CT molecular complexity index is 1010. The van der Waals surface area contributed by atoms with Crippen LogP contribution in [0.5, 0.6) is 11.8 Å². The molecule has 1 aliphatic heterocycles. The highest BCUT2D eigenvalue weighted by Gasteiger charge is 2.24. The molecule has 0 saturated carbocycles. The number of hydrogen-bond acceptors (Lipinski definition) is 4. The van der Waals surface area contributed by atoms with Crippen LogP contribution in [0.2, 0.25) is 0 Å². The summed E-state index contributed by atoms with van der Waals surface area (Å²) in [5.74, 6) is 0.797. The molecule has 1 atom stereocenters. The molecule has 0 N–H and O–H groups in total. The van der Waals surface area contributed by atoms with Crippen LogP contribution in [0, 0.1) is 6.92 Å². The van der Waals surface area contributed by atoms with Gasteiger partial charge in [-0.25, -0.2) is 0 Å². The molecule has 3 aromatic rings. The summed E-state index contributed by atoms with van der Waals surface area (Å²) >= 11 is 0. The molecule has 0 unspecified atom stereocenters. The average molecular weight is 362 g/mol. The van der Waals surface area contributed by atoms with Gasteiger partial charge in [0.1, 0.15) is 12.4 Å². The molecule has 0 spiro atoms. The zero-order valence-electron chi connectivity index (χ0n) is 15.5. The molecule has 5 nitrogen and oxygen atoms in total. The Morgan fingerprint density at radius 2 is 1.96 bits per heavy atom. The van der Waals surface area contributed by atoms with Crippen molar-refractivity contribution >= 4 is 0 Å². The van der Waals surface area contributed by atoms with Crippen molar-refractivity contribution in [3.8, 4) is 22.9 Å². The Morgan fingerprint density at radius 3 is 2.74 bits per heavy atom. The van der Waals surface area contributed by atoms with Crippen molar-refractivity contribution in [3.63, 3.8) is 0 Å². The third-order valence-corrected chi connectivity index (χ3v) is 4.80. The molecule has 0 bridgehead atoms. The van der Waals surface area contributed by atoms with Gasteiger partial charge < -0.3 is 9.47 Å². The van der Waals surface area contributed by atoms with Crippen molar-refractivity contribution < 1.29 is 9.47 Å². The number of rotatable bonds is 5. The maximum atomic E-state index is 11.6. The lowest BCUT2D eigenvalue weighted by molar-refractivity contribution is 0.143. The predicted molar refractivity (Wildman–Crippen MR) is 104 cm³/mol. The van der Waals surface area contributed by atoms with E-state index in [1.165, 1.54) is 16.7 Å². The first kappa shape index (κ1) is 17.3. The molecule has 27 heavy (non-hydrogen) atoms. The Hall–Kier alpha value is -3.08. The summed E-state index contributed by atoms with van der Waals surface area (Å²) in [4.78, 5) is 15.6. The molecule has 0 aliphatic carbocycles. The molecule has 4 rings (SSSR count). The number of benzene rings is 2. The van der Waals surface area contributed by atoms with Gasteiger partial charge in [-0.2, -0.15) is 4.98 Å². The van der Waals surface area contributed by atoms with E-state index >= 15 is 0 Å². The minimum absolute atomic E-state index is 0.154. The molecule has 5 heteroatoms. The first-order valence-corrected chi connectivity index (χ1v) is 9.20. The highest BCUT2D eigenvalue weighted by molar-refractivity contribution is 5.67. The van der Waals surface area contributed by atoms with Gasteiger partial charge in [0.25, 0.3) is 11.6 Å². The molecule has 2 aromatic carbocycles. The van der Waals surface area contributed by atoms with Gasteiger partial charge in [-0.1, -0.05) is 43.3 Å². The van der Waals surface area contributed by atoms with E-state index in [-0.39, 0.29) is 11.7 Å². The van der Waals surface area contributed by atoms with Gasteiger partial charge in [0, 0.05) is 11.8 Å². The van der Waals surface area contributed by atoms with Gasteiger partial charge in [-0.15, -0.1) is 0 Å². The second-order valence-electron chi connectivity index (χ2n) is 6.75. The van der Waals surface area contributed by atoms with Crippen LogP contribution in [0.4, 0.5) is 0 Å². The van der Waals surface area contributed by atoms with E-state index in [1.807, 2.05) is 16.7 Å². The molecular formula is C22H22N2O3. The summed E-state index contributed by atoms with van der Waals surface area (Å²) in [5.41, 5.74) is 4.15. The van der Waals surface area contributed by atoms with Crippen molar-refractivity contribution in [1.29, 1.82) is 0 Å². The zero-order chi connectivity index (χ0) is 18.8. The highest BCUT2D eigenvalue weighted by Crippen LogP contribution is 2.26. The van der Waals surface area contributed by atoms with Crippen LogP contribution in [0.25, 0.3) is 11.1 Å². The van der Waals surface area contributed by atoms with Crippen molar-refractivity contribution in [1.82, 2.24) is 9.55 Å². The summed E-state index contributed by atoms with van der Waals surface area (Å²) in [6, 6.07) is 16.9. The molecule has 1 aliphatic rings. The molecule has 0 fully saturated rings. The van der Waals surface area contributed by atoms with Crippen molar-refractivity contribution in [3.05, 3.63) is 76.2 Å². The second kappa shape index (κ2) is 7.27. The van der Waals surface area contributed by atoms with Gasteiger partial charge in [0.2, 0.25) is 0 Å². The minimum Gasteiger partial charge on any atom is -0.490 e. The molecule has 2 heterocycles. The maximum absolute atomic E-state index is 11.6. The van der Waals surface area contributed by atoms with Crippen molar-refractivity contribution in [2.24, 2.45) is 0 Å². The number of fused-ring (bicyclic) bond motifs is 1. The number of ether oxygens (including phenoxy) is 2. The van der Waals surface area contributed by atoms with E-state index in [1.54, 1.807) is 13.1 Å². The van der Waals surface area contributed by atoms with Crippen LogP contribution < -0.4 is 15.0 Å². The fraction of sp³-hybridized carbons (Fsp3) is 0.273. The third-order valence-electron chi connectivity index (χ3n) is 4.80. The van der Waals surface area contributed by atoms with Crippen molar-refractivity contribution in [2.75, 3.05) is 6.61 Å². The third kappa shape index (κ3) is 3.58. The lowest BCUT2D eigenvalue weighted by atomic mass is 9.98. The summed E-state index contributed by atoms with van der Waals surface area (Å²) in [7, 11) is 0. The van der Waals surface area contributed by atoms with Crippen LogP contribution >= 0.6 is 0 Å². The van der Waals surface area contributed by atoms with E-state index in [4.69, 9.17) is 9.47 Å². The van der Waals surface area contributed by atoms with Crippen LogP contribution in [-0.4, -0.2) is 22.3 Å². The lowest BCUT2D eigenvalue weighted by Crippen LogP contribution is -2.23. The quantitative estimate of drug-likeness (QED) is 0.696. The van der Waals surface area contributed by atoms with Gasteiger partial charge in [-0.3, -0.25) is 9.36 Å². The predicted octanol–water partition coefficient (Wildman–Crippen LogP) is 3.62. The Balaban J connectivity index is 1.41. The Labute approximate surface area is 158 Å². The van der Waals surface area contributed by atoms with Crippen LogP contribution in [0.3, 0.4) is 0 Å². The van der Waals surface area contributed by atoms with Gasteiger partial charge in [0.15, 0.2) is 6.10 Å². The normalized spacial score (nSPS) is 15.3. The van der Waals surface area contributed by atoms with Crippen LogP contribution in [0.15, 0.2) is 59.5 Å². The second-order valence-corrected chi connectivity index (χ2v) is 6.75. The molecule has 0 amide bonds. The van der Waals surface area contributed by atoms with E-state index in [9.17, 15) is 4.79 Å². The van der Waals surface area contributed by atoms with E-state index < -0.39 is 0 Å². The maximum Gasteiger partial charge on any atom is 0.300 e. The topological polar surface area (TPSA) is 53.4 Å². The van der Waals surface area contributed by atoms with Gasteiger partial charge in [0.05, 0.1) is 6.54 Å². The number of hydrogen-bond donors (Lipinski definition) is 0. The van der Waals surface area contributed by atoms with E-state index in [0.717, 1.165) is 12.2 Å². The summed E-state index contributed by atoms with van der Waals surface area (Å²) in [6.45, 7) is 4.96. The molecule has 0 saturated heterocycles. The SMILES string of the molecule is CCc1ccccc1-c1ccc(OC[C@@H]2Cn3cc(C)c(=O)nc3O2)cc1. The fourth-order valence-corrected chi connectivity index (χ4v) is 3.33. The number of nitrogens with zero attached hydrogens (tertiary/aromatic N) is 2.